The molecule has 2 bridgehead atoms. The average molecular weight is 454 g/mol. The number of halogens is 3. The van der Waals surface area contributed by atoms with Crippen LogP contribution in [0.4, 0.5) is 13.2 Å². The van der Waals surface area contributed by atoms with Gasteiger partial charge in [-0.1, -0.05) is 46.5 Å². The minimum atomic E-state index is -4.67. The lowest BCUT2D eigenvalue weighted by molar-refractivity contribution is -0.166. The molecule has 5 nitrogen and oxygen atoms in total. The Morgan fingerprint density at radius 1 is 1.23 bits per heavy atom. The Morgan fingerprint density at radius 3 is 2.47 bits per heavy atom. The first-order valence-corrected chi connectivity index (χ1v) is 12.7. The van der Waals surface area contributed by atoms with Gasteiger partial charge in [0.25, 0.3) is 0 Å². The summed E-state index contributed by atoms with van der Waals surface area (Å²) in [6.45, 7) is 6.03. The smallest absolute Gasteiger partial charge is 0.389 e. The quantitative estimate of drug-likeness (QED) is 0.558. The molecule has 1 N–H and O–H groups in total. The van der Waals surface area contributed by atoms with Crippen LogP contribution in [0.5, 0.6) is 0 Å². The fourth-order valence-electron chi connectivity index (χ4n) is 6.36. The summed E-state index contributed by atoms with van der Waals surface area (Å²) in [6.07, 6.45) is -2.47. The van der Waals surface area contributed by atoms with Gasteiger partial charge >= 0.3 is 6.18 Å². The van der Waals surface area contributed by atoms with E-state index in [0.717, 1.165) is 30.0 Å². The summed E-state index contributed by atoms with van der Waals surface area (Å²) in [5.74, 6) is -2.78. The molecule has 174 valence electrons. The molecule has 3 fully saturated rings. The first-order chi connectivity index (χ1) is 13.8. The SMILES string of the molecule is CCCCCCC(O)C(CC(F)(F)F)C(=O)N1[C@H]2C[C@@H]3CC[C@@]2(CS1(=O)=O)C3(C)C. The first kappa shape index (κ1) is 23.8. The Labute approximate surface area is 177 Å². The molecule has 0 radical (unpaired) electrons. The number of aliphatic hydroxyl groups is 1. The van der Waals surface area contributed by atoms with Gasteiger partial charge in [-0.3, -0.25) is 4.79 Å². The molecule has 1 spiro atoms. The summed E-state index contributed by atoms with van der Waals surface area (Å²) < 4.78 is 66.6. The molecule has 2 unspecified atom stereocenters. The van der Waals surface area contributed by atoms with Gasteiger partial charge in [-0.25, -0.2) is 12.7 Å². The number of carbonyl (C=O) groups is 1. The molecule has 1 aliphatic heterocycles. The van der Waals surface area contributed by atoms with E-state index >= 15 is 0 Å². The highest BCUT2D eigenvalue weighted by atomic mass is 32.2. The third-order valence-electron chi connectivity index (χ3n) is 8.21. The van der Waals surface area contributed by atoms with Crippen molar-refractivity contribution in [2.75, 3.05) is 5.75 Å². The average Bonchev–Trinajstić information content (AvgIpc) is 3.09. The lowest BCUT2D eigenvalue weighted by Gasteiger charge is -2.37. The van der Waals surface area contributed by atoms with Gasteiger partial charge in [-0.2, -0.15) is 13.2 Å². The van der Waals surface area contributed by atoms with Crippen LogP contribution in [-0.2, 0) is 14.8 Å². The van der Waals surface area contributed by atoms with E-state index in [1.165, 1.54) is 0 Å². The van der Waals surface area contributed by atoms with Crippen LogP contribution in [0.1, 0.15) is 78.6 Å². The Bertz CT molecular complexity index is 767. The maximum atomic E-state index is 13.3. The molecule has 0 aromatic carbocycles. The second-order valence-electron chi connectivity index (χ2n) is 10.1. The van der Waals surface area contributed by atoms with Crippen LogP contribution in [0.3, 0.4) is 0 Å². The number of hydrogen-bond acceptors (Lipinski definition) is 4. The Morgan fingerprint density at radius 2 is 1.90 bits per heavy atom. The number of amides is 1. The number of hydrogen-bond donors (Lipinski definition) is 1. The molecule has 1 saturated heterocycles. The van der Waals surface area contributed by atoms with E-state index in [-0.39, 0.29) is 23.5 Å². The predicted octanol–water partition coefficient (Wildman–Crippen LogP) is 4.25. The van der Waals surface area contributed by atoms with Gasteiger partial charge in [0.1, 0.15) is 0 Å². The van der Waals surface area contributed by atoms with Crippen molar-refractivity contribution in [2.45, 2.75) is 96.9 Å². The molecular formula is C21H34F3NO4S. The zero-order valence-electron chi connectivity index (χ0n) is 18.0. The largest absolute Gasteiger partial charge is 0.392 e. The van der Waals surface area contributed by atoms with Crippen molar-refractivity contribution < 1.29 is 31.5 Å². The lowest BCUT2D eigenvalue weighted by atomic mass is 9.69. The monoisotopic (exact) mass is 453 g/mol. The summed E-state index contributed by atoms with van der Waals surface area (Å²) >= 11 is 0. The molecule has 5 atom stereocenters. The van der Waals surface area contributed by atoms with Crippen LogP contribution in [0.25, 0.3) is 0 Å². The second-order valence-corrected chi connectivity index (χ2v) is 11.9. The van der Waals surface area contributed by atoms with Gasteiger partial charge < -0.3 is 5.11 Å². The summed E-state index contributed by atoms with van der Waals surface area (Å²) in [5.41, 5.74) is -0.876. The van der Waals surface area contributed by atoms with E-state index in [2.05, 4.69) is 0 Å². The second kappa shape index (κ2) is 7.94. The highest BCUT2D eigenvalue weighted by Crippen LogP contribution is 2.70. The van der Waals surface area contributed by atoms with Crippen LogP contribution >= 0.6 is 0 Å². The number of aliphatic hydroxyl groups excluding tert-OH is 1. The number of unbranched alkanes of at least 4 members (excludes halogenated alkanes) is 3. The van der Waals surface area contributed by atoms with Gasteiger partial charge in [-0.05, 0) is 37.0 Å². The summed E-state index contributed by atoms with van der Waals surface area (Å²) in [4.78, 5) is 13.3. The number of rotatable bonds is 8. The van der Waals surface area contributed by atoms with E-state index in [0.29, 0.717) is 19.3 Å². The highest BCUT2D eigenvalue weighted by Gasteiger charge is 2.72. The standard InChI is InChI=1S/C21H34F3NO4S/c1-4-5-6-7-8-16(26)15(12-21(22,23)24)18(27)25-17-11-14-9-10-20(17,19(14,2)3)13-30(25,28)29/h14-17,26H,4-13H2,1-3H3/t14-,15?,16?,17-,20-/m0/s1. The van der Waals surface area contributed by atoms with Gasteiger partial charge in [-0.15, -0.1) is 0 Å². The van der Waals surface area contributed by atoms with Crippen molar-refractivity contribution in [3.05, 3.63) is 0 Å². The molecule has 2 saturated carbocycles. The van der Waals surface area contributed by atoms with Gasteiger partial charge in [0.15, 0.2) is 0 Å². The molecule has 2 aliphatic carbocycles. The number of fused-ring (bicyclic) bond motifs is 1. The maximum Gasteiger partial charge on any atom is 0.389 e. The van der Waals surface area contributed by atoms with Gasteiger partial charge in [0, 0.05) is 5.41 Å². The van der Waals surface area contributed by atoms with Crippen LogP contribution in [0.15, 0.2) is 0 Å². The van der Waals surface area contributed by atoms with E-state index in [1.54, 1.807) is 0 Å². The molecule has 3 rings (SSSR count). The van der Waals surface area contributed by atoms with Gasteiger partial charge in [0.05, 0.1) is 30.2 Å². The summed E-state index contributed by atoms with van der Waals surface area (Å²) in [5, 5.41) is 10.5. The van der Waals surface area contributed by atoms with Crippen LogP contribution in [-0.4, -0.2) is 47.8 Å². The molecule has 0 aromatic rings. The number of nitrogens with zero attached hydrogens (tertiary/aromatic N) is 1. The number of alkyl halides is 3. The predicted molar refractivity (Wildman–Crippen MR) is 107 cm³/mol. The zero-order valence-corrected chi connectivity index (χ0v) is 18.9. The number of carbonyl (C=O) groups excluding carboxylic acids is 1. The fourth-order valence-corrected chi connectivity index (χ4v) is 8.95. The molecule has 9 heteroatoms. The maximum absolute atomic E-state index is 13.3. The van der Waals surface area contributed by atoms with Crippen LogP contribution in [0, 0.1) is 22.7 Å². The molecule has 30 heavy (non-hydrogen) atoms. The van der Waals surface area contributed by atoms with E-state index in [9.17, 15) is 31.5 Å². The summed E-state index contributed by atoms with van der Waals surface area (Å²) in [7, 11) is -4.02. The Kier molecular flexibility index (Phi) is 6.31. The van der Waals surface area contributed by atoms with Gasteiger partial charge in [0.2, 0.25) is 15.9 Å². The van der Waals surface area contributed by atoms with Crippen molar-refractivity contribution in [3.63, 3.8) is 0 Å². The van der Waals surface area contributed by atoms with Crippen LogP contribution < -0.4 is 0 Å². The normalized spacial score (nSPS) is 33.5. The third-order valence-corrected chi connectivity index (χ3v) is 10.1. The molecule has 3 aliphatic rings. The first-order valence-electron chi connectivity index (χ1n) is 11.1. The van der Waals surface area contributed by atoms with Crippen molar-refractivity contribution in [3.8, 4) is 0 Å². The molecule has 0 aromatic heterocycles. The Hall–Kier alpha value is -0.830. The minimum absolute atomic E-state index is 0.0598. The third kappa shape index (κ3) is 3.89. The van der Waals surface area contributed by atoms with E-state index < -0.39 is 52.0 Å². The van der Waals surface area contributed by atoms with Crippen molar-refractivity contribution in [1.29, 1.82) is 0 Å². The summed E-state index contributed by atoms with van der Waals surface area (Å²) in [6, 6.07) is -0.591. The zero-order chi connectivity index (χ0) is 22.5. The number of sulfonamides is 1. The van der Waals surface area contributed by atoms with E-state index in [4.69, 9.17) is 0 Å². The van der Waals surface area contributed by atoms with Crippen LogP contribution in [0.2, 0.25) is 0 Å². The molecule has 1 heterocycles. The van der Waals surface area contributed by atoms with Crippen molar-refractivity contribution in [1.82, 2.24) is 4.31 Å². The highest BCUT2D eigenvalue weighted by molar-refractivity contribution is 7.90. The molecule has 1 amide bonds. The Balaban J connectivity index is 1.86. The molecular weight excluding hydrogens is 419 g/mol. The lowest BCUT2D eigenvalue weighted by Crippen LogP contribution is -2.49. The topological polar surface area (TPSA) is 74.7 Å². The minimum Gasteiger partial charge on any atom is -0.392 e. The van der Waals surface area contributed by atoms with Crippen molar-refractivity contribution in [2.24, 2.45) is 22.7 Å². The van der Waals surface area contributed by atoms with E-state index in [1.807, 2.05) is 20.8 Å². The fraction of sp³-hybridized carbons (Fsp3) is 0.952. The van der Waals surface area contributed by atoms with Crippen molar-refractivity contribution >= 4 is 15.9 Å².